The molecule has 7 heteroatoms. The maximum Gasteiger partial charge on any atom is 0.315 e. The highest BCUT2D eigenvalue weighted by molar-refractivity contribution is 8.01. The first-order valence-electron chi connectivity index (χ1n) is 6.30. The average molecular weight is 309 g/mol. The summed E-state index contributed by atoms with van der Waals surface area (Å²) in [6, 6.07) is 4.89. The van der Waals surface area contributed by atoms with Gasteiger partial charge in [0.15, 0.2) is 12.4 Å². The number of esters is 1. The molecular weight excluding hydrogens is 294 g/mol. The van der Waals surface area contributed by atoms with Crippen LogP contribution in [0.4, 0.5) is 5.69 Å². The fourth-order valence-electron chi connectivity index (χ4n) is 1.80. The second-order valence-electron chi connectivity index (χ2n) is 4.44. The van der Waals surface area contributed by atoms with E-state index in [2.05, 4.69) is 10.1 Å². The van der Waals surface area contributed by atoms with Crippen LogP contribution in [0.25, 0.3) is 0 Å². The third-order valence-corrected chi connectivity index (χ3v) is 4.06. The number of amides is 1. The normalized spacial score (nSPS) is 14.5. The molecule has 1 amide bonds. The molecule has 1 aromatic carbocycles. The number of hydrogen-bond acceptors (Lipinski definition) is 6. The van der Waals surface area contributed by atoms with Crippen molar-refractivity contribution in [2.45, 2.75) is 12.2 Å². The van der Waals surface area contributed by atoms with Gasteiger partial charge < -0.3 is 14.8 Å². The van der Waals surface area contributed by atoms with Crippen molar-refractivity contribution in [3.05, 3.63) is 23.8 Å². The maximum absolute atomic E-state index is 12.3. The number of Topliss-reactive ketones (excluding diaryl/α,β-unsaturated/α-hetero) is 1. The molecule has 0 spiro atoms. The van der Waals surface area contributed by atoms with Crippen molar-refractivity contribution in [1.82, 2.24) is 0 Å². The number of carbonyl (C=O) groups excluding carboxylic acids is 3. The minimum atomic E-state index is -0.387. The van der Waals surface area contributed by atoms with Crippen LogP contribution < -0.4 is 10.1 Å². The van der Waals surface area contributed by atoms with Crippen molar-refractivity contribution >= 4 is 35.1 Å². The van der Waals surface area contributed by atoms with E-state index in [9.17, 15) is 14.4 Å². The Morgan fingerprint density at radius 1 is 1.48 bits per heavy atom. The number of benzene rings is 1. The number of fused-ring (bicyclic) bond motifs is 1. The van der Waals surface area contributed by atoms with Gasteiger partial charge >= 0.3 is 5.97 Å². The summed E-state index contributed by atoms with van der Waals surface area (Å²) in [5, 5.41) is 2.27. The van der Waals surface area contributed by atoms with Crippen LogP contribution in [0.3, 0.4) is 0 Å². The molecule has 1 unspecified atom stereocenters. The van der Waals surface area contributed by atoms with Crippen LogP contribution in [-0.2, 0) is 14.3 Å². The maximum atomic E-state index is 12.3. The van der Waals surface area contributed by atoms with Crippen LogP contribution in [0.2, 0.25) is 0 Å². The average Bonchev–Trinajstić information content (AvgIpc) is 2.50. The summed E-state index contributed by atoms with van der Waals surface area (Å²) in [6.45, 7) is 1.70. The molecule has 0 aromatic heterocycles. The van der Waals surface area contributed by atoms with E-state index in [0.29, 0.717) is 17.0 Å². The third-order valence-electron chi connectivity index (χ3n) is 2.95. The highest BCUT2D eigenvalue weighted by Crippen LogP contribution is 2.29. The highest BCUT2D eigenvalue weighted by Gasteiger charge is 2.21. The van der Waals surface area contributed by atoms with Crippen molar-refractivity contribution in [1.29, 1.82) is 0 Å². The van der Waals surface area contributed by atoms with Crippen molar-refractivity contribution in [3.8, 4) is 5.75 Å². The van der Waals surface area contributed by atoms with E-state index in [0.717, 1.165) is 0 Å². The lowest BCUT2D eigenvalue weighted by Crippen LogP contribution is -2.26. The largest absolute Gasteiger partial charge is 0.482 e. The standard InChI is InChI=1S/C14H15NO5S/c1-8(21-7-13(17)19-2)14(18)9-3-4-11-10(5-9)15-12(16)6-20-11/h3-5,8H,6-7H2,1-2H3,(H,15,16). The number of rotatable bonds is 5. The first-order valence-corrected chi connectivity index (χ1v) is 7.35. The van der Waals surface area contributed by atoms with Crippen molar-refractivity contribution < 1.29 is 23.9 Å². The molecule has 1 heterocycles. The lowest BCUT2D eigenvalue weighted by Gasteiger charge is -2.19. The van der Waals surface area contributed by atoms with Gasteiger partial charge in [-0.25, -0.2) is 0 Å². The molecule has 1 aliphatic heterocycles. The molecule has 0 saturated heterocycles. The van der Waals surface area contributed by atoms with Gasteiger partial charge in [0.1, 0.15) is 5.75 Å². The molecule has 1 atom stereocenters. The van der Waals surface area contributed by atoms with Gasteiger partial charge in [-0.1, -0.05) is 0 Å². The van der Waals surface area contributed by atoms with E-state index in [-0.39, 0.29) is 35.3 Å². The molecule has 1 aliphatic rings. The Balaban J connectivity index is 2.07. The number of thioether (sulfide) groups is 1. The van der Waals surface area contributed by atoms with Crippen LogP contribution in [0.5, 0.6) is 5.75 Å². The summed E-state index contributed by atoms with van der Waals surface area (Å²) in [5.74, 6) is -0.0766. The fraction of sp³-hybridized carbons (Fsp3) is 0.357. The topological polar surface area (TPSA) is 81.7 Å². The minimum Gasteiger partial charge on any atom is -0.482 e. The van der Waals surface area contributed by atoms with Gasteiger partial charge in [0.2, 0.25) is 0 Å². The number of hydrogen-bond donors (Lipinski definition) is 1. The predicted molar refractivity (Wildman–Crippen MR) is 78.8 cm³/mol. The van der Waals surface area contributed by atoms with E-state index in [4.69, 9.17) is 4.74 Å². The Hall–Kier alpha value is -2.02. The quantitative estimate of drug-likeness (QED) is 0.655. The van der Waals surface area contributed by atoms with Crippen LogP contribution in [0.1, 0.15) is 17.3 Å². The van der Waals surface area contributed by atoms with E-state index < -0.39 is 0 Å². The summed E-state index contributed by atoms with van der Waals surface area (Å²) in [5.41, 5.74) is 0.951. The smallest absolute Gasteiger partial charge is 0.315 e. The van der Waals surface area contributed by atoms with Gasteiger partial charge in [-0.05, 0) is 25.1 Å². The van der Waals surface area contributed by atoms with Gasteiger partial charge in [-0.2, -0.15) is 0 Å². The monoisotopic (exact) mass is 309 g/mol. The van der Waals surface area contributed by atoms with E-state index >= 15 is 0 Å². The molecule has 21 heavy (non-hydrogen) atoms. The first kappa shape index (κ1) is 15.4. The molecule has 2 rings (SSSR count). The van der Waals surface area contributed by atoms with Crippen molar-refractivity contribution in [2.75, 3.05) is 24.8 Å². The molecule has 1 N–H and O–H groups in total. The number of ether oxygens (including phenoxy) is 2. The third kappa shape index (κ3) is 3.75. The number of anilines is 1. The Bertz CT molecular complexity index is 587. The van der Waals surface area contributed by atoms with Crippen LogP contribution >= 0.6 is 11.8 Å². The second kappa shape index (κ2) is 6.62. The van der Waals surface area contributed by atoms with Crippen LogP contribution in [-0.4, -0.2) is 42.4 Å². The van der Waals surface area contributed by atoms with Gasteiger partial charge in [-0.3, -0.25) is 14.4 Å². The number of ketones is 1. The molecule has 0 bridgehead atoms. The van der Waals surface area contributed by atoms with E-state index in [1.54, 1.807) is 25.1 Å². The Morgan fingerprint density at radius 3 is 2.95 bits per heavy atom. The number of nitrogens with one attached hydrogen (secondary N) is 1. The molecule has 0 saturated carbocycles. The summed E-state index contributed by atoms with van der Waals surface area (Å²) in [7, 11) is 1.31. The summed E-state index contributed by atoms with van der Waals surface area (Å²) >= 11 is 1.21. The molecule has 0 radical (unpaired) electrons. The van der Waals surface area contributed by atoms with E-state index in [1.165, 1.54) is 18.9 Å². The second-order valence-corrected chi connectivity index (χ2v) is 5.77. The Labute approximate surface area is 126 Å². The molecule has 1 aromatic rings. The van der Waals surface area contributed by atoms with Gasteiger partial charge in [0.25, 0.3) is 5.91 Å². The zero-order valence-electron chi connectivity index (χ0n) is 11.7. The Morgan fingerprint density at radius 2 is 2.24 bits per heavy atom. The summed E-state index contributed by atoms with van der Waals surface area (Å²) < 4.78 is 9.77. The predicted octanol–water partition coefficient (Wildman–Crippen LogP) is 1.49. The first-order chi connectivity index (χ1) is 10.0. The van der Waals surface area contributed by atoms with E-state index in [1.807, 2.05) is 0 Å². The lowest BCUT2D eigenvalue weighted by molar-refractivity contribution is -0.137. The molecule has 0 aliphatic carbocycles. The van der Waals surface area contributed by atoms with Crippen LogP contribution in [0, 0.1) is 0 Å². The lowest BCUT2D eigenvalue weighted by atomic mass is 10.1. The number of carbonyl (C=O) groups is 3. The minimum absolute atomic E-state index is 0.0221. The SMILES string of the molecule is COC(=O)CSC(C)C(=O)c1ccc2c(c1)NC(=O)CO2. The molecular formula is C14H15NO5S. The number of methoxy groups -OCH3 is 1. The zero-order chi connectivity index (χ0) is 15.4. The summed E-state index contributed by atoms with van der Waals surface area (Å²) in [6.07, 6.45) is 0. The van der Waals surface area contributed by atoms with Gasteiger partial charge in [-0.15, -0.1) is 11.8 Å². The van der Waals surface area contributed by atoms with Crippen LogP contribution in [0.15, 0.2) is 18.2 Å². The zero-order valence-corrected chi connectivity index (χ0v) is 12.5. The Kier molecular flexibility index (Phi) is 4.85. The molecule has 6 nitrogen and oxygen atoms in total. The van der Waals surface area contributed by atoms with Crippen molar-refractivity contribution in [2.24, 2.45) is 0 Å². The van der Waals surface area contributed by atoms with Gasteiger partial charge in [0, 0.05) is 5.56 Å². The highest BCUT2D eigenvalue weighted by atomic mass is 32.2. The fourth-order valence-corrected chi connectivity index (χ4v) is 2.59. The molecule has 112 valence electrons. The van der Waals surface area contributed by atoms with Crippen molar-refractivity contribution in [3.63, 3.8) is 0 Å². The molecule has 0 fully saturated rings. The van der Waals surface area contributed by atoms with Gasteiger partial charge in [0.05, 0.1) is 23.8 Å². The summed E-state index contributed by atoms with van der Waals surface area (Å²) in [4.78, 5) is 34.6.